The standard InChI is InChI=1S/C16H15NOS/c1-12-4-3-5-15(8-12)19-11-13-6-7-16(18-2)14(9-13)10-17/h3-9H,11H2,1-2H3. The zero-order valence-electron chi connectivity index (χ0n) is 11.0. The molecule has 19 heavy (non-hydrogen) atoms. The predicted molar refractivity (Wildman–Crippen MR) is 78.4 cm³/mol. The lowest BCUT2D eigenvalue weighted by Crippen LogP contribution is -1.90. The quantitative estimate of drug-likeness (QED) is 0.781. The Morgan fingerprint density at radius 2 is 2.05 bits per heavy atom. The third-order valence-electron chi connectivity index (χ3n) is 2.78. The van der Waals surface area contributed by atoms with E-state index in [0.717, 1.165) is 11.3 Å². The van der Waals surface area contributed by atoms with E-state index in [1.165, 1.54) is 10.5 Å². The van der Waals surface area contributed by atoms with Crippen LogP contribution in [0.5, 0.6) is 5.75 Å². The molecule has 0 fully saturated rings. The Bertz CT molecular complexity index is 616. The van der Waals surface area contributed by atoms with E-state index in [1.54, 1.807) is 18.9 Å². The van der Waals surface area contributed by atoms with Gasteiger partial charge in [-0.1, -0.05) is 23.8 Å². The number of benzene rings is 2. The topological polar surface area (TPSA) is 33.0 Å². The smallest absolute Gasteiger partial charge is 0.136 e. The summed E-state index contributed by atoms with van der Waals surface area (Å²) in [4.78, 5) is 1.24. The zero-order chi connectivity index (χ0) is 13.7. The Labute approximate surface area is 118 Å². The van der Waals surface area contributed by atoms with Crippen LogP contribution < -0.4 is 4.74 Å². The number of rotatable bonds is 4. The summed E-state index contributed by atoms with van der Waals surface area (Å²) in [5, 5.41) is 9.06. The average Bonchev–Trinajstić information content (AvgIpc) is 2.45. The number of nitriles is 1. The minimum atomic E-state index is 0.588. The van der Waals surface area contributed by atoms with E-state index in [9.17, 15) is 0 Å². The van der Waals surface area contributed by atoms with Gasteiger partial charge in [0, 0.05) is 10.6 Å². The lowest BCUT2D eigenvalue weighted by molar-refractivity contribution is 0.413. The Morgan fingerprint density at radius 3 is 2.74 bits per heavy atom. The van der Waals surface area contributed by atoms with Gasteiger partial charge in [-0.25, -0.2) is 0 Å². The first-order chi connectivity index (χ1) is 9.22. The Morgan fingerprint density at radius 1 is 1.21 bits per heavy atom. The van der Waals surface area contributed by atoms with Crippen LogP contribution in [0.25, 0.3) is 0 Å². The summed E-state index contributed by atoms with van der Waals surface area (Å²) in [5.41, 5.74) is 2.98. The fourth-order valence-electron chi connectivity index (χ4n) is 1.80. The molecule has 2 nitrogen and oxygen atoms in total. The molecule has 96 valence electrons. The molecule has 0 aliphatic carbocycles. The summed E-state index contributed by atoms with van der Waals surface area (Å²) in [6, 6.07) is 16.3. The highest BCUT2D eigenvalue weighted by molar-refractivity contribution is 7.98. The number of ether oxygens (including phenoxy) is 1. The summed E-state index contributed by atoms with van der Waals surface area (Å²) in [7, 11) is 1.58. The van der Waals surface area contributed by atoms with Gasteiger partial charge in [0.2, 0.25) is 0 Å². The SMILES string of the molecule is COc1ccc(CSc2cccc(C)c2)cc1C#N. The molecule has 0 saturated heterocycles. The van der Waals surface area contributed by atoms with Gasteiger partial charge in [0.25, 0.3) is 0 Å². The van der Waals surface area contributed by atoms with Gasteiger partial charge in [0.05, 0.1) is 12.7 Å². The van der Waals surface area contributed by atoms with Crippen molar-refractivity contribution in [1.29, 1.82) is 5.26 Å². The molecule has 0 aliphatic rings. The Hall–Kier alpha value is -1.92. The van der Waals surface area contributed by atoms with Crippen molar-refractivity contribution in [3.63, 3.8) is 0 Å². The molecular weight excluding hydrogens is 254 g/mol. The predicted octanol–water partition coefficient (Wildman–Crippen LogP) is 4.17. The molecule has 0 aliphatic heterocycles. The molecule has 0 saturated carbocycles. The van der Waals surface area contributed by atoms with Gasteiger partial charge >= 0.3 is 0 Å². The molecule has 0 N–H and O–H groups in total. The van der Waals surface area contributed by atoms with E-state index in [0.29, 0.717) is 11.3 Å². The van der Waals surface area contributed by atoms with Crippen molar-refractivity contribution in [3.8, 4) is 11.8 Å². The maximum absolute atomic E-state index is 9.06. The van der Waals surface area contributed by atoms with Crippen LogP contribution in [0.3, 0.4) is 0 Å². The summed E-state index contributed by atoms with van der Waals surface area (Å²) < 4.78 is 5.14. The highest BCUT2D eigenvalue weighted by atomic mass is 32.2. The van der Waals surface area contributed by atoms with Crippen LogP contribution >= 0.6 is 11.8 Å². The van der Waals surface area contributed by atoms with Crippen molar-refractivity contribution in [2.24, 2.45) is 0 Å². The number of aryl methyl sites for hydroxylation is 1. The molecule has 3 heteroatoms. The van der Waals surface area contributed by atoms with Gasteiger partial charge in [-0.2, -0.15) is 5.26 Å². The third kappa shape index (κ3) is 3.52. The van der Waals surface area contributed by atoms with Crippen LogP contribution in [-0.2, 0) is 5.75 Å². The second kappa shape index (κ2) is 6.31. The molecule has 0 unspecified atom stereocenters. The molecule has 0 atom stereocenters. The summed E-state index contributed by atoms with van der Waals surface area (Å²) in [6.07, 6.45) is 0. The fraction of sp³-hybridized carbons (Fsp3) is 0.188. The van der Waals surface area contributed by atoms with Crippen LogP contribution in [-0.4, -0.2) is 7.11 Å². The molecule has 2 aromatic carbocycles. The van der Waals surface area contributed by atoms with Crippen LogP contribution in [0.4, 0.5) is 0 Å². The van der Waals surface area contributed by atoms with Crippen molar-refractivity contribution in [3.05, 3.63) is 59.2 Å². The van der Waals surface area contributed by atoms with E-state index in [1.807, 2.05) is 18.2 Å². The molecule has 0 aromatic heterocycles. The van der Waals surface area contributed by atoms with E-state index in [4.69, 9.17) is 10.00 Å². The molecule has 0 spiro atoms. The van der Waals surface area contributed by atoms with Crippen LogP contribution in [0.1, 0.15) is 16.7 Å². The molecule has 2 rings (SSSR count). The lowest BCUT2D eigenvalue weighted by atomic mass is 10.1. The first kappa shape index (κ1) is 13.5. The van der Waals surface area contributed by atoms with Gasteiger partial charge in [-0.15, -0.1) is 11.8 Å². The summed E-state index contributed by atoms with van der Waals surface area (Å²) in [6.45, 7) is 2.09. The number of methoxy groups -OCH3 is 1. The summed E-state index contributed by atoms with van der Waals surface area (Å²) in [5.74, 6) is 1.48. The molecular formula is C16H15NOS. The first-order valence-corrected chi connectivity index (χ1v) is 6.98. The van der Waals surface area contributed by atoms with Crippen molar-refractivity contribution in [1.82, 2.24) is 0 Å². The van der Waals surface area contributed by atoms with E-state index < -0.39 is 0 Å². The van der Waals surface area contributed by atoms with Crippen molar-refractivity contribution < 1.29 is 4.74 Å². The number of hydrogen-bond donors (Lipinski definition) is 0. The molecule has 2 aromatic rings. The van der Waals surface area contributed by atoms with Gasteiger partial charge < -0.3 is 4.74 Å². The maximum atomic E-state index is 9.06. The van der Waals surface area contributed by atoms with Crippen LogP contribution in [0.2, 0.25) is 0 Å². The minimum absolute atomic E-state index is 0.588. The van der Waals surface area contributed by atoms with E-state index in [2.05, 4.69) is 37.3 Å². The lowest BCUT2D eigenvalue weighted by Gasteiger charge is -2.06. The van der Waals surface area contributed by atoms with Crippen molar-refractivity contribution >= 4 is 11.8 Å². The van der Waals surface area contributed by atoms with E-state index >= 15 is 0 Å². The van der Waals surface area contributed by atoms with Gasteiger partial charge in [0.15, 0.2) is 0 Å². The number of nitrogens with zero attached hydrogens (tertiary/aromatic N) is 1. The molecule has 0 heterocycles. The number of thioether (sulfide) groups is 1. The van der Waals surface area contributed by atoms with Gasteiger partial charge in [0.1, 0.15) is 11.8 Å². The normalized spacial score (nSPS) is 9.95. The van der Waals surface area contributed by atoms with Crippen LogP contribution in [0.15, 0.2) is 47.4 Å². The molecule has 0 amide bonds. The molecule has 0 bridgehead atoms. The minimum Gasteiger partial charge on any atom is -0.495 e. The summed E-state index contributed by atoms with van der Waals surface area (Å²) >= 11 is 1.77. The van der Waals surface area contributed by atoms with Crippen LogP contribution in [0, 0.1) is 18.3 Å². The van der Waals surface area contributed by atoms with Gasteiger partial charge in [-0.05, 0) is 36.8 Å². The van der Waals surface area contributed by atoms with Crippen molar-refractivity contribution in [2.75, 3.05) is 7.11 Å². The first-order valence-electron chi connectivity index (χ1n) is 5.99. The Balaban J connectivity index is 2.10. The fourth-order valence-corrected chi connectivity index (χ4v) is 2.76. The average molecular weight is 269 g/mol. The zero-order valence-corrected chi connectivity index (χ0v) is 11.8. The maximum Gasteiger partial charge on any atom is 0.136 e. The highest BCUT2D eigenvalue weighted by Gasteiger charge is 2.04. The largest absolute Gasteiger partial charge is 0.495 e. The highest BCUT2D eigenvalue weighted by Crippen LogP contribution is 2.26. The second-order valence-electron chi connectivity index (χ2n) is 4.25. The Kier molecular flexibility index (Phi) is 4.48. The van der Waals surface area contributed by atoms with E-state index in [-0.39, 0.29) is 0 Å². The monoisotopic (exact) mass is 269 g/mol. The second-order valence-corrected chi connectivity index (χ2v) is 5.30. The molecule has 0 radical (unpaired) electrons. The number of hydrogen-bond acceptors (Lipinski definition) is 3. The van der Waals surface area contributed by atoms with Crippen molar-refractivity contribution in [2.45, 2.75) is 17.6 Å². The third-order valence-corrected chi connectivity index (χ3v) is 3.84. The van der Waals surface area contributed by atoms with Gasteiger partial charge in [-0.3, -0.25) is 0 Å².